The monoisotopic (exact) mass is 226 g/mol. The first kappa shape index (κ1) is 12.0. The van der Waals surface area contributed by atoms with Gasteiger partial charge in [-0.2, -0.15) is 0 Å². The summed E-state index contributed by atoms with van der Waals surface area (Å²) in [5, 5.41) is 9.73. The van der Waals surface area contributed by atoms with Gasteiger partial charge in [-0.1, -0.05) is 0 Å². The van der Waals surface area contributed by atoms with E-state index in [4.69, 9.17) is 5.11 Å². The van der Waals surface area contributed by atoms with Crippen LogP contribution in [0.15, 0.2) is 23.6 Å². The Hall–Kier alpha value is -1.10. The summed E-state index contributed by atoms with van der Waals surface area (Å²) in [6.45, 7) is 3.46. The molecular weight excluding hydrogens is 212 g/mol. The van der Waals surface area contributed by atoms with E-state index in [1.807, 2.05) is 0 Å². The molecule has 0 spiro atoms. The molecule has 0 aliphatic carbocycles. The number of thioether (sulfide) groups is 1. The zero-order chi connectivity index (χ0) is 11.3. The molecule has 0 amide bonds. The highest BCUT2D eigenvalue weighted by Crippen LogP contribution is 2.25. The van der Waals surface area contributed by atoms with Crippen LogP contribution in [0.5, 0.6) is 0 Å². The summed E-state index contributed by atoms with van der Waals surface area (Å²) in [5.41, 5.74) is -0.671. The lowest BCUT2D eigenvalue weighted by Crippen LogP contribution is -2.24. The number of aliphatic carboxylic acids is 1. The fraction of sp³-hybridized carbons (Fsp3) is 0.500. The van der Waals surface area contributed by atoms with Crippen LogP contribution in [0, 0.1) is 5.41 Å². The van der Waals surface area contributed by atoms with E-state index < -0.39 is 11.4 Å². The van der Waals surface area contributed by atoms with Gasteiger partial charge in [-0.3, -0.25) is 9.78 Å². The first-order valence-electron chi connectivity index (χ1n) is 4.64. The van der Waals surface area contributed by atoms with Gasteiger partial charge in [0.2, 0.25) is 0 Å². The summed E-state index contributed by atoms with van der Waals surface area (Å²) in [5.74, 6) is -0.0277. The van der Waals surface area contributed by atoms with E-state index in [1.54, 1.807) is 32.4 Å². The standard InChI is InChI=1S/C10H14N2O2S/c1-10(2,9(13)14)3-6-15-8-7-11-4-5-12-8/h4-5,7H,3,6H2,1-2H3,(H,13,14). The van der Waals surface area contributed by atoms with Gasteiger partial charge in [-0.15, -0.1) is 11.8 Å². The highest BCUT2D eigenvalue weighted by atomic mass is 32.2. The third-order valence-electron chi connectivity index (χ3n) is 2.10. The fourth-order valence-corrected chi connectivity index (χ4v) is 1.97. The molecule has 15 heavy (non-hydrogen) atoms. The molecule has 82 valence electrons. The van der Waals surface area contributed by atoms with Gasteiger partial charge in [0.05, 0.1) is 11.6 Å². The minimum atomic E-state index is -0.762. The van der Waals surface area contributed by atoms with Gasteiger partial charge in [-0.05, 0) is 20.3 Å². The van der Waals surface area contributed by atoms with Crippen molar-refractivity contribution in [1.82, 2.24) is 9.97 Å². The normalized spacial score (nSPS) is 11.3. The number of hydrogen-bond acceptors (Lipinski definition) is 4. The van der Waals surface area contributed by atoms with Gasteiger partial charge in [0, 0.05) is 18.1 Å². The Morgan fingerprint density at radius 1 is 1.53 bits per heavy atom. The van der Waals surface area contributed by atoms with Crippen LogP contribution in [0.3, 0.4) is 0 Å². The molecule has 1 N–H and O–H groups in total. The van der Waals surface area contributed by atoms with Gasteiger partial charge in [0.15, 0.2) is 0 Å². The maximum absolute atomic E-state index is 10.8. The molecule has 5 heteroatoms. The van der Waals surface area contributed by atoms with Gasteiger partial charge in [0.25, 0.3) is 0 Å². The zero-order valence-electron chi connectivity index (χ0n) is 8.80. The van der Waals surface area contributed by atoms with Crippen molar-refractivity contribution < 1.29 is 9.90 Å². The summed E-state index contributed by atoms with van der Waals surface area (Å²) in [7, 11) is 0. The van der Waals surface area contributed by atoms with Crippen LogP contribution in [-0.4, -0.2) is 26.8 Å². The maximum Gasteiger partial charge on any atom is 0.309 e. The fourth-order valence-electron chi connectivity index (χ4n) is 0.878. The maximum atomic E-state index is 10.8. The Morgan fingerprint density at radius 3 is 2.80 bits per heavy atom. The molecule has 1 rings (SSSR count). The minimum Gasteiger partial charge on any atom is -0.481 e. The van der Waals surface area contributed by atoms with Crippen molar-refractivity contribution in [2.75, 3.05) is 5.75 Å². The van der Waals surface area contributed by atoms with Crippen molar-refractivity contribution in [3.63, 3.8) is 0 Å². The molecule has 4 nitrogen and oxygen atoms in total. The van der Waals surface area contributed by atoms with Crippen LogP contribution in [0.2, 0.25) is 0 Å². The van der Waals surface area contributed by atoms with E-state index in [2.05, 4.69) is 9.97 Å². The van der Waals surface area contributed by atoms with Crippen LogP contribution < -0.4 is 0 Å². The minimum absolute atomic E-state index is 0.615. The Labute approximate surface area is 93.1 Å². The first-order valence-corrected chi connectivity index (χ1v) is 5.63. The van der Waals surface area contributed by atoms with Gasteiger partial charge in [0.1, 0.15) is 5.03 Å². The summed E-state index contributed by atoms with van der Waals surface area (Å²) >= 11 is 1.53. The molecule has 1 aromatic rings. The van der Waals surface area contributed by atoms with Crippen molar-refractivity contribution in [3.8, 4) is 0 Å². The average molecular weight is 226 g/mol. The van der Waals surface area contributed by atoms with Crippen LogP contribution >= 0.6 is 11.8 Å². The van der Waals surface area contributed by atoms with E-state index in [1.165, 1.54) is 11.8 Å². The number of carboxylic acids is 1. The molecule has 1 heterocycles. The average Bonchev–Trinajstić information content (AvgIpc) is 2.19. The summed E-state index contributed by atoms with van der Waals surface area (Å²) in [6, 6.07) is 0. The first-order chi connectivity index (χ1) is 7.02. The number of hydrogen-bond donors (Lipinski definition) is 1. The highest BCUT2D eigenvalue weighted by Gasteiger charge is 2.26. The van der Waals surface area contributed by atoms with E-state index >= 15 is 0 Å². The van der Waals surface area contributed by atoms with Crippen LogP contribution in [0.1, 0.15) is 20.3 Å². The lowest BCUT2D eigenvalue weighted by atomic mass is 9.91. The number of carbonyl (C=O) groups is 1. The van der Waals surface area contributed by atoms with Crippen molar-refractivity contribution in [2.45, 2.75) is 25.3 Å². The van der Waals surface area contributed by atoms with E-state index in [-0.39, 0.29) is 0 Å². The number of rotatable bonds is 5. The molecule has 0 aliphatic heterocycles. The molecule has 1 aromatic heterocycles. The SMILES string of the molecule is CC(C)(CCSc1cnccn1)C(=O)O. The Bertz CT molecular complexity index is 327. The summed E-state index contributed by atoms with van der Waals surface area (Å²) in [6.07, 6.45) is 5.54. The smallest absolute Gasteiger partial charge is 0.309 e. The lowest BCUT2D eigenvalue weighted by Gasteiger charge is -2.17. The predicted molar refractivity (Wildman–Crippen MR) is 58.8 cm³/mol. The van der Waals surface area contributed by atoms with Gasteiger partial charge >= 0.3 is 5.97 Å². The second kappa shape index (κ2) is 5.11. The Kier molecular flexibility index (Phi) is 4.08. The Balaban J connectivity index is 2.37. The molecular formula is C10H14N2O2S. The van der Waals surface area contributed by atoms with E-state index in [0.717, 1.165) is 10.8 Å². The number of nitrogens with zero attached hydrogens (tertiary/aromatic N) is 2. The largest absolute Gasteiger partial charge is 0.481 e. The molecule has 0 aliphatic rings. The second-order valence-corrected chi connectivity index (χ2v) is 4.95. The quantitative estimate of drug-likeness (QED) is 0.779. The van der Waals surface area contributed by atoms with Crippen molar-refractivity contribution >= 4 is 17.7 Å². The Morgan fingerprint density at radius 2 is 2.27 bits per heavy atom. The lowest BCUT2D eigenvalue weighted by molar-refractivity contribution is -0.146. The van der Waals surface area contributed by atoms with Gasteiger partial charge < -0.3 is 5.11 Å². The van der Waals surface area contributed by atoms with Crippen molar-refractivity contribution in [2.24, 2.45) is 5.41 Å². The van der Waals surface area contributed by atoms with E-state index in [0.29, 0.717) is 6.42 Å². The highest BCUT2D eigenvalue weighted by molar-refractivity contribution is 7.99. The van der Waals surface area contributed by atoms with Crippen molar-refractivity contribution in [1.29, 1.82) is 0 Å². The molecule has 0 saturated carbocycles. The third-order valence-corrected chi connectivity index (χ3v) is 3.01. The topological polar surface area (TPSA) is 63.1 Å². The molecule has 0 atom stereocenters. The summed E-state index contributed by atoms with van der Waals surface area (Å²) in [4.78, 5) is 18.9. The molecule has 0 aromatic carbocycles. The van der Waals surface area contributed by atoms with Crippen LogP contribution in [0.4, 0.5) is 0 Å². The van der Waals surface area contributed by atoms with E-state index in [9.17, 15) is 4.79 Å². The molecule has 0 fully saturated rings. The number of aromatic nitrogens is 2. The molecule has 0 unspecified atom stereocenters. The predicted octanol–water partition coefficient (Wildman–Crippen LogP) is 2.07. The summed E-state index contributed by atoms with van der Waals surface area (Å²) < 4.78 is 0. The third kappa shape index (κ3) is 3.87. The molecule has 0 saturated heterocycles. The van der Waals surface area contributed by atoms with Crippen LogP contribution in [0.25, 0.3) is 0 Å². The second-order valence-electron chi connectivity index (χ2n) is 3.83. The number of carboxylic acid groups (broad SMARTS) is 1. The zero-order valence-corrected chi connectivity index (χ0v) is 9.62. The van der Waals surface area contributed by atoms with Gasteiger partial charge in [-0.25, -0.2) is 4.98 Å². The van der Waals surface area contributed by atoms with Crippen molar-refractivity contribution in [3.05, 3.63) is 18.6 Å². The molecule has 0 radical (unpaired) electrons. The molecule has 0 bridgehead atoms. The van der Waals surface area contributed by atoms with Crippen LogP contribution in [-0.2, 0) is 4.79 Å².